The lowest BCUT2D eigenvalue weighted by molar-refractivity contribution is -0.129. The van der Waals surface area contributed by atoms with E-state index < -0.39 is 5.97 Å². The molecule has 5 heteroatoms. The number of aryl methyl sites for hydroxylation is 1. The zero-order chi connectivity index (χ0) is 17.1. The fourth-order valence-electron chi connectivity index (χ4n) is 2.49. The van der Waals surface area contributed by atoms with Gasteiger partial charge >= 0.3 is 5.97 Å². The number of hydrogen-bond donors (Lipinski definition) is 0. The summed E-state index contributed by atoms with van der Waals surface area (Å²) >= 11 is 0. The van der Waals surface area contributed by atoms with Crippen molar-refractivity contribution in [1.29, 1.82) is 0 Å². The fraction of sp³-hybridized carbons (Fsp3) is 0.158. The van der Waals surface area contributed by atoms with E-state index in [1.807, 2.05) is 37.3 Å². The van der Waals surface area contributed by atoms with Crippen LogP contribution in [0.5, 0.6) is 11.5 Å². The van der Waals surface area contributed by atoms with Gasteiger partial charge in [0.1, 0.15) is 11.5 Å². The third-order valence-corrected chi connectivity index (χ3v) is 3.68. The molecule has 0 aliphatic carbocycles. The normalized spacial score (nSPS) is 15.2. The molecule has 1 aliphatic heterocycles. The van der Waals surface area contributed by atoms with Gasteiger partial charge in [0.2, 0.25) is 5.90 Å². The van der Waals surface area contributed by atoms with Crippen LogP contribution in [0.25, 0.3) is 6.08 Å². The molecule has 0 fully saturated rings. The van der Waals surface area contributed by atoms with E-state index in [2.05, 4.69) is 4.99 Å². The molecule has 5 nitrogen and oxygen atoms in total. The molecule has 1 heterocycles. The monoisotopic (exact) mass is 323 g/mol. The molecule has 0 N–H and O–H groups in total. The molecular weight excluding hydrogens is 306 g/mol. The Hall–Kier alpha value is -3.08. The van der Waals surface area contributed by atoms with Crippen LogP contribution in [0.15, 0.2) is 53.2 Å². The molecule has 24 heavy (non-hydrogen) atoms. The molecule has 0 spiro atoms. The summed E-state index contributed by atoms with van der Waals surface area (Å²) in [5.74, 6) is 1.16. The van der Waals surface area contributed by atoms with Crippen molar-refractivity contribution in [2.75, 3.05) is 14.2 Å². The van der Waals surface area contributed by atoms with Gasteiger partial charge in [0.25, 0.3) is 0 Å². The Morgan fingerprint density at radius 2 is 1.79 bits per heavy atom. The second kappa shape index (κ2) is 6.58. The third kappa shape index (κ3) is 3.01. The first kappa shape index (κ1) is 15.8. The van der Waals surface area contributed by atoms with E-state index in [4.69, 9.17) is 14.2 Å². The summed E-state index contributed by atoms with van der Waals surface area (Å²) in [5, 5.41) is 0. The summed E-state index contributed by atoms with van der Waals surface area (Å²) < 4.78 is 15.8. The van der Waals surface area contributed by atoms with Gasteiger partial charge in [-0.15, -0.1) is 0 Å². The number of ether oxygens (including phenoxy) is 3. The van der Waals surface area contributed by atoms with E-state index in [1.165, 1.54) is 0 Å². The van der Waals surface area contributed by atoms with Gasteiger partial charge in [0.15, 0.2) is 5.70 Å². The SMILES string of the molecule is COc1ccc(/C=C2/N=C(c3ccccc3OC)OC2=O)cc1C. The van der Waals surface area contributed by atoms with Crippen molar-refractivity contribution in [1.82, 2.24) is 0 Å². The maximum Gasteiger partial charge on any atom is 0.363 e. The topological polar surface area (TPSA) is 57.1 Å². The second-order valence-electron chi connectivity index (χ2n) is 5.27. The highest BCUT2D eigenvalue weighted by Crippen LogP contribution is 2.26. The van der Waals surface area contributed by atoms with Gasteiger partial charge in [-0.1, -0.05) is 18.2 Å². The zero-order valence-electron chi connectivity index (χ0n) is 13.7. The Labute approximate surface area is 140 Å². The third-order valence-electron chi connectivity index (χ3n) is 3.68. The first-order chi connectivity index (χ1) is 11.6. The minimum Gasteiger partial charge on any atom is -0.496 e. The van der Waals surface area contributed by atoms with Crippen LogP contribution in [0, 0.1) is 6.92 Å². The highest BCUT2D eigenvalue weighted by Gasteiger charge is 2.26. The average Bonchev–Trinajstić information content (AvgIpc) is 2.95. The first-order valence-electron chi connectivity index (χ1n) is 7.43. The van der Waals surface area contributed by atoms with Crippen LogP contribution in [0.1, 0.15) is 16.7 Å². The van der Waals surface area contributed by atoms with Gasteiger partial charge in [-0.25, -0.2) is 9.79 Å². The van der Waals surface area contributed by atoms with Crippen molar-refractivity contribution in [3.05, 3.63) is 64.9 Å². The molecule has 2 aromatic rings. The van der Waals surface area contributed by atoms with E-state index >= 15 is 0 Å². The average molecular weight is 323 g/mol. The van der Waals surface area contributed by atoms with Crippen molar-refractivity contribution < 1.29 is 19.0 Å². The molecule has 0 radical (unpaired) electrons. The first-order valence-corrected chi connectivity index (χ1v) is 7.43. The highest BCUT2D eigenvalue weighted by atomic mass is 16.6. The molecule has 0 aromatic heterocycles. The van der Waals surface area contributed by atoms with Crippen molar-refractivity contribution in [3.8, 4) is 11.5 Å². The number of methoxy groups -OCH3 is 2. The molecular formula is C19H17NO4. The number of hydrogen-bond acceptors (Lipinski definition) is 5. The maximum absolute atomic E-state index is 12.1. The number of esters is 1. The molecule has 0 saturated carbocycles. The molecule has 2 aromatic carbocycles. The quantitative estimate of drug-likeness (QED) is 0.639. The number of aliphatic imine (C=N–C) groups is 1. The van der Waals surface area contributed by atoms with E-state index in [-0.39, 0.29) is 11.6 Å². The standard InChI is InChI=1S/C19H17NO4/c1-12-10-13(8-9-16(12)22-2)11-15-19(21)24-18(20-15)14-6-4-5-7-17(14)23-3/h4-11H,1-3H3/b15-11+. The molecule has 0 bridgehead atoms. The molecule has 3 rings (SSSR count). The Kier molecular flexibility index (Phi) is 4.33. The number of para-hydroxylation sites is 1. The summed E-state index contributed by atoms with van der Waals surface area (Å²) in [6.07, 6.45) is 1.69. The molecule has 1 aliphatic rings. The van der Waals surface area contributed by atoms with E-state index in [1.54, 1.807) is 32.4 Å². The van der Waals surface area contributed by atoms with Crippen molar-refractivity contribution in [2.24, 2.45) is 4.99 Å². The lowest BCUT2D eigenvalue weighted by Gasteiger charge is -2.05. The largest absolute Gasteiger partial charge is 0.496 e. The summed E-state index contributed by atoms with van der Waals surface area (Å²) in [5.41, 5.74) is 2.72. The Morgan fingerprint density at radius 3 is 2.50 bits per heavy atom. The van der Waals surface area contributed by atoms with Crippen LogP contribution in [-0.2, 0) is 9.53 Å². The zero-order valence-corrected chi connectivity index (χ0v) is 13.7. The number of cyclic esters (lactones) is 1. The Morgan fingerprint density at radius 1 is 1.04 bits per heavy atom. The predicted molar refractivity (Wildman–Crippen MR) is 91.3 cm³/mol. The van der Waals surface area contributed by atoms with Crippen LogP contribution in [0.2, 0.25) is 0 Å². The van der Waals surface area contributed by atoms with Crippen LogP contribution in [0.3, 0.4) is 0 Å². The van der Waals surface area contributed by atoms with Crippen LogP contribution in [0.4, 0.5) is 0 Å². The summed E-state index contributed by atoms with van der Waals surface area (Å²) in [4.78, 5) is 16.4. The number of carbonyl (C=O) groups is 1. The summed E-state index contributed by atoms with van der Waals surface area (Å²) in [6.45, 7) is 1.94. The van der Waals surface area contributed by atoms with Gasteiger partial charge in [-0.2, -0.15) is 0 Å². The predicted octanol–water partition coefficient (Wildman–Crippen LogP) is 3.36. The Bertz CT molecular complexity index is 852. The van der Waals surface area contributed by atoms with Gasteiger partial charge in [-0.3, -0.25) is 0 Å². The Balaban J connectivity index is 1.96. The number of benzene rings is 2. The van der Waals surface area contributed by atoms with E-state index in [0.717, 1.165) is 16.9 Å². The number of rotatable bonds is 4. The van der Waals surface area contributed by atoms with Crippen molar-refractivity contribution >= 4 is 17.9 Å². The van der Waals surface area contributed by atoms with Crippen molar-refractivity contribution in [3.63, 3.8) is 0 Å². The van der Waals surface area contributed by atoms with Crippen LogP contribution >= 0.6 is 0 Å². The lowest BCUT2D eigenvalue weighted by Crippen LogP contribution is -2.06. The highest BCUT2D eigenvalue weighted by molar-refractivity contribution is 6.13. The number of nitrogens with zero attached hydrogens (tertiary/aromatic N) is 1. The summed E-state index contributed by atoms with van der Waals surface area (Å²) in [7, 11) is 3.19. The molecule has 0 saturated heterocycles. The van der Waals surface area contributed by atoms with E-state index in [9.17, 15) is 4.79 Å². The van der Waals surface area contributed by atoms with Gasteiger partial charge in [-0.05, 0) is 48.4 Å². The van der Waals surface area contributed by atoms with Crippen LogP contribution < -0.4 is 9.47 Å². The van der Waals surface area contributed by atoms with Gasteiger partial charge in [0.05, 0.1) is 19.8 Å². The molecule has 122 valence electrons. The fourth-order valence-corrected chi connectivity index (χ4v) is 2.49. The molecule has 0 unspecified atom stereocenters. The van der Waals surface area contributed by atoms with Gasteiger partial charge < -0.3 is 14.2 Å². The van der Waals surface area contributed by atoms with Crippen LogP contribution in [-0.4, -0.2) is 26.1 Å². The van der Waals surface area contributed by atoms with Gasteiger partial charge in [0, 0.05) is 0 Å². The lowest BCUT2D eigenvalue weighted by atomic mass is 10.1. The number of carbonyl (C=O) groups excluding carboxylic acids is 1. The van der Waals surface area contributed by atoms with Crippen molar-refractivity contribution in [2.45, 2.75) is 6.92 Å². The molecule has 0 atom stereocenters. The minimum absolute atomic E-state index is 0.244. The molecule has 0 amide bonds. The summed E-state index contributed by atoms with van der Waals surface area (Å²) in [6, 6.07) is 12.9. The second-order valence-corrected chi connectivity index (χ2v) is 5.27. The van der Waals surface area contributed by atoms with E-state index in [0.29, 0.717) is 11.3 Å². The smallest absolute Gasteiger partial charge is 0.363 e. The maximum atomic E-state index is 12.1. The minimum atomic E-state index is -0.482.